The average molecular weight is 275 g/mol. The normalized spacial score (nSPS) is 22.7. The zero-order chi connectivity index (χ0) is 13.0. The van der Waals surface area contributed by atoms with Gasteiger partial charge in [0, 0.05) is 24.2 Å². The molecule has 0 spiro atoms. The average Bonchev–Trinajstić information content (AvgIpc) is 2.77. The number of rotatable bonds is 1. The molecule has 2 nitrogen and oxygen atoms in total. The lowest BCUT2D eigenvalue weighted by Gasteiger charge is -2.39. The lowest BCUT2D eigenvalue weighted by Crippen LogP contribution is -2.39. The highest BCUT2D eigenvalue weighted by Crippen LogP contribution is 2.43. The molecule has 3 heteroatoms. The summed E-state index contributed by atoms with van der Waals surface area (Å²) < 4.78 is 2.50. The molecule has 2 heterocycles. The first kappa shape index (κ1) is 11.8. The van der Waals surface area contributed by atoms with Crippen molar-refractivity contribution in [3.05, 3.63) is 34.5 Å². The lowest BCUT2D eigenvalue weighted by atomic mass is 9.90. The summed E-state index contributed by atoms with van der Waals surface area (Å²) >= 11 is 6.47. The van der Waals surface area contributed by atoms with Gasteiger partial charge in [-0.1, -0.05) is 30.7 Å². The largest absolute Gasteiger partial charge is 0.340 e. The summed E-state index contributed by atoms with van der Waals surface area (Å²) in [7, 11) is 0. The quantitative estimate of drug-likeness (QED) is 0.763. The minimum atomic E-state index is 0.617. The SMILES string of the molecule is CCN1CCn2c3c(c4cccc(Cl)c42)CCC[C@H]31. The standard InChI is InChI=1S/C16H19ClN2/c1-2-18-9-10-19-15-11(5-3-7-13(15)17)12-6-4-8-14(18)16(12)19/h3,5,7,14H,2,4,6,8-10H2,1H3/t14-/m1/s1. The number of benzene rings is 1. The number of aryl methyl sites for hydroxylation is 1. The highest BCUT2D eigenvalue weighted by atomic mass is 35.5. The van der Waals surface area contributed by atoms with Crippen LogP contribution in [0.4, 0.5) is 0 Å². The molecule has 1 atom stereocenters. The van der Waals surface area contributed by atoms with E-state index >= 15 is 0 Å². The topological polar surface area (TPSA) is 8.17 Å². The van der Waals surface area contributed by atoms with Crippen LogP contribution in [0.2, 0.25) is 5.02 Å². The van der Waals surface area contributed by atoms with Crippen LogP contribution in [0.3, 0.4) is 0 Å². The zero-order valence-electron chi connectivity index (χ0n) is 11.3. The van der Waals surface area contributed by atoms with E-state index in [2.05, 4.69) is 28.5 Å². The first-order chi connectivity index (χ1) is 9.31. The predicted octanol–water partition coefficient (Wildman–Crippen LogP) is 4.01. The van der Waals surface area contributed by atoms with E-state index in [4.69, 9.17) is 11.6 Å². The van der Waals surface area contributed by atoms with E-state index in [0.29, 0.717) is 6.04 Å². The van der Waals surface area contributed by atoms with Gasteiger partial charge in [0.1, 0.15) is 0 Å². The van der Waals surface area contributed by atoms with E-state index in [9.17, 15) is 0 Å². The molecule has 2 aromatic rings. The minimum Gasteiger partial charge on any atom is -0.340 e. The molecular formula is C16H19ClN2. The maximum Gasteiger partial charge on any atom is 0.0675 e. The van der Waals surface area contributed by atoms with Gasteiger partial charge < -0.3 is 4.57 Å². The van der Waals surface area contributed by atoms with Crippen LogP contribution in [0, 0.1) is 0 Å². The molecule has 0 unspecified atom stereocenters. The van der Waals surface area contributed by atoms with Crippen LogP contribution in [-0.4, -0.2) is 22.6 Å². The first-order valence-corrected chi connectivity index (χ1v) is 7.72. The van der Waals surface area contributed by atoms with Gasteiger partial charge in [-0.3, -0.25) is 4.90 Å². The van der Waals surface area contributed by atoms with E-state index in [0.717, 1.165) is 24.7 Å². The van der Waals surface area contributed by atoms with E-state index in [1.807, 2.05) is 6.07 Å². The van der Waals surface area contributed by atoms with Gasteiger partial charge in [0.05, 0.1) is 16.6 Å². The van der Waals surface area contributed by atoms with Gasteiger partial charge in [-0.15, -0.1) is 0 Å². The maximum atomic E-state index is 6.47. The summed E-state index contributed by atoms with van der Waals surface area (Å²) in [6.45, 7) is 5.67. The molecule has 0 bridgehead atoms. The van der Waals surface area contributed by atoms with Crippen molar-refractivity contribution in [3.8, 4) is 0 Å². The summed E-state index contributed by atoms with van der Waals surface area (Å²) in [5.41, 5.74) is 4.39. The molecule has 1 aromatic heterocycles. The number of hydrogen-bond acceptors (Lipinski definition) is 1. The highest BCUT2D eigenvalue weighted by Gasteiger charge is 2.34. The number of likely N-dealkylation sites (N-methyl/N-ethyl adjacent to an activating group) is 1. The fourth-order valence-electron chi connectivity index (χ4n) is 4.06. The van der Waals surface area contributed by atoms with Crippen molar-refractivity contribution in [2.24, 2.45) is 0 Å². The monoisotopic (exact) mass is 274 g/mol. The summed E-state index contributed by atoms with van der Waals surface area (Å²) in [6.07, 6.45) is 3.82. The Balaban J connectivity index is 2.05. The van der Waals surface area contributed by atoms with E-state index in [-0.39, 0.29) is 0 Å². The molecule has 1 aliphatic heterocycles. The van der Waals surface area contributed by atoms with Gasteiger partial charge >= 0.3 is 0 Å². The molecule has 1 aromatic carbocycles. The zero-order valence-corrected chi connectivity index (χ0v) is 12.1. The second-order valence-electron chi connectivity index (χ2n) is 5.69. The first-order valence-electron chi connectivity index (χ1n) is 7.34. The Morgan fingerprint density at radius 1 is 1.32 bits per heavy atom. The Labute approximate surface area is 119 Å². The number of hydrogen-bond donors (Lipinski definition) is 0. The predicted molar refractivity (Wildman–Crippen MR) is 79.9 cm³/mol. The molecule has 0 radical (unpaired) electrons. The summed E-state index contributed by atoms with van der Waals surface area (Å²) in [5, 5.41) is 2.31. The van der Waals surface area contributed by atoms with Crippen LogP contribution in [0.15, 0.2) is 18.2 Å². The number of halogens is 1. The van der Waals surface area contributed by atoms with Crippen LogP contribution >= 0.6 is 11.6 Å². The van der Waals surface area contributed by atoms with Gasteiger partial charge in [0.15, 0.2) is 0 Å². The molecule has 4 rings (SSSR count). The van der Waals surface area contributed by atoms with Crippen molar-refractivity contribution >= 4 is 22.5 Å². The third kappa shape index (κ3) is 1.53. The Kier molecular flexibility index (Phi) is 2.64. The number of nitrogens with zero attached hydrogens (tertiary/aromatic N) is 2. The molecule has 100 valence electrons. The Morgan fingerprint density at radius 3 is 3.05 bits per heavy atom. The highest BCUT2D eigenvalue weighted by molar-refractivity contribution is 6.35. The molecule has 0 saturated heterocycles. The third-order valence-corrected chi connectivity index (χ3v) is 5.16. The van der Waals surface area contributed by atoms with Gasteiger partial charge in [0.2, 0.25) is 0 Å². The smallest absolute Gasteiger partial charge is 0.0675 e. The molecule has 2 aliphatic rings. The lowest BCUT2D eigenvalue weighted by molar-refractivity contribution is 0.149. The van der Waals surface area contributed by atoms with Crippen LogP contribution in [0.25, 0.3) is 10.9 Å². The molecule has 19 heavy (non-hydrogen) atoms. The molecule has 0 N–H and O–H groups in total. The third-order valence-electron chi connectivity index (χ3n) is 4.86. The summed E-state index contributed by atoms with van der Waals surface area (Å²) in [5.74, 6) is 0. The summed E-state index contributed by atoms with van der Waals surface area (Å²) in [4.78, 5) is 2.63. The van der Waals surface area contributed by atoms with Crippen LogP contribution in [0.1, 0.15) is 37.1 Å². The van der Waals surface area contributed by atoms with Crippen LogP contribution in [-0.2, 0) is 13.0 Å². The van der Waals surface area contributed by atoms with Crippen molar-refractivity contribution in [2.45, 2.75) is 38.8 Å². The van der Waals surface area contributed by atoms with Gasteiger partial charge in [0.25, 0.3) is 0 Å². The molecule has 0 amide bonds. The Hall–Kier alpha value is -0.990. The molecular weight excluding hydrogens is 256 g/mol. The fraction of sp³-hybridized carbons (Fsp3) is 0.500. The van der Waals surface area contributed by atoms with E-state index in [1.165, 1.54) is 30.2 Å². The number of para-hydroxylation sites is 1. The Bertz CT molecular complexity index is 644. The van der Waals surface area contributed by atoms with E-state index in [1.54, 1.807) is 11.3 Å². The van der Waals surface area contributed by atoms with Crippen molar-refractivity contribution in [3.63, 3.8) is 0 Å². The minimum absolute atomic E-state index is 0.617. The second-order valence-corrected chi connectivity index (χ2v) is 6.10. The van der Waals surface area contributed by atoms with Gasteiger partial charge in [-0.25, -0.2) is 0 Å². The van der Waals surface area contributed by atoms with Crippen LogP contribution in [0.5, 0.6) is 0 Å². The van der Waals surface area contributed by atoms with Gasteiger partial charge in [-0.05, 0) is 37.4 Å². The second kappa shape index (κ2) is 4.26. The van der Waals surface area contributed by atoms with Crippen molar-refractivity contribution in [1.82, 2.24) is 9.47 Å². The maximum absolute atomic E-state index is 6.47. The van der Waals surface area contributed by atoms with Crippen molar-refractivity contribution < 1.29 is 0 Å². The van der Waals surface area contributed by atoms with Crippen molar-refractivity contribution in [1.29, 1.82) is 0 Å². The van der Waals surface area contributed by atoms with Crippen molar-refractivity contribution in [2.75, 3.05) is 13.1 Å². The molecule has 1 aliphatic carbocycles. The molecule has 0 saturated carbocycles. The fourth-order valence-corrected chi connectivity index (χ4v) is 4.33. The molecule has 0 fully saturated rings. The number of aromatic nitrogens is 1. The summed E-state index contributed by atoms with van der Waals surface area (Å²) in [6, 6.07) is 6.99. The van der Waals surface area contributed by atoms with E-state index < -0.39 is 0 Å². The number of fused-ring (bicyclic) bond motifs is 3. The van der Waals surface area contributed by atoms with Gasteiger partial charge in [-0.2, -0.15) is 0 Å². The Morgan fingerprint density at radius 2 is 2.21 bits per heavy atom. The van der Waals surface area contributed by atoms with Crippen LogP contribution < -0.4 is 0 Å².